The van der Waals surface area contributed by atoms with Gasteiger partial charge in [0.15, 0.2) is 5.50 Å². The standard InChI is InChI=1S/C13H12N2O4S/c1-19-10(16)7-9-12(18)15-13(20-9)14-11(17)8-5-3-2-4-6-8/h2-7,13H,1H3,(H,14,17)(H,15,18)/b9-7+. The Labute approximate surface area is 119 Å². The Kier molecular flexibility index (Phi) is 4.41. The molecule has 2 rings (SSSR count). The number of hydrogen-bond acceptors (Lipinski definition) is 5. The van der Waals surface area contributed by atoms with E-state index in [1.807, 2.05) is 0 Å². The minimum atomic E-state index is -0.613. The Morgan fingerprint density at radius 3 is 2.70 bits per heavy atom. The fraction of sp³-hybridized carbons (Fsp3) is 0.154. The molecule has 7 heteroatoms. The van der Waals surface area contributed by atoms with Crippen molar-refractivity contribution < 1.29 is 19.1 Å². The lowest BCUT2D eigenvalue weighted by molar-refractivity contribution is -0.135. The summed E-state index contributed by atoms with van der Waals surface area (Å²) in [5, 5.41) is 5.20. The topological polar surface area (TPSA) is 84.5 Å². The van der Waals surface area contributed by atoms with E-state index in [2.05, 4.69) is 15.4 Å². The highest BCUT2D eigenvalue weighted by Gasteiger charge is 2.29. The van der Waals surface area contributed by atoms with Crippen LogP contribution in [0.4, 0.5) is 0 Å². The van der Waals surface area contributed by atoms with E-state index in [0.29, 0.717) is 5.56 Å². The van der Waals surface area contributed by atoms with Gasteiger partial charge >= 0.3 is 5.97 Å². The number of rotatable bonds is 3. The fourth-order valence-electron chi connectivity index (χ4n) is 1.52. The van der Waals surface area contributed by atoms with Gasteiger partial charge in [-0.25, -0.2) is 4.79 Å². The van der Waals surface area contributed by atoms with E-state index < -0.39 is 17.4 Å². The summed E-state index contributed by atoms with van der Waals surface area (Å²) in [5.41, 5.74) is -0.112. The van der Waals surface area contributed by atoms with Crippen LogP contribution in [0.2, 0.25) is 0 Å². The maximum atomic E-state index is 11.9. The molecule has 1 saturated heterocycles. The molecule has 0 aliphatic carbocycles. The van der Waals surface area contributed by atoms with Crippen molar-refractivity contribution in [2.45, 2.75) is 5.50 Å². The van der Waals surface area contributed by atoms with Gasteiger partial charge in [0.25, 0.3) is 11.8 Å². The Balaban J connectivity index is 1.99. The second kappa shape index (κ2) is 6.25. The van der Waals surface area contributed by atoms with Gasteiger partial charge in [-0.1, -0.05) is 30.0 Å². The fourth-order valence-corrected chi connectivity index (χ4v) is 2.44. The molecular formula is C13H12N2O4S. The summed E-state index contributed by atoms with van der Waals surface area (Å²) >= 11 is 1.05. The van der Waals surface area contributed by atoms with Gasteiger partial charge in [-0.2, -0.15) is 0 Å². The zero-order valence-corrected chi connectivity index (χ0v) is 11.4. The molecule has 0 bridgehead atoms. The number of carbonyl (C=O) groups is 3. The molecule has 2 amide bonds. The largest absolute Gasteiger partial charge is 0.466 e. The third-order valence-electron chi connectivity index (χ3n) is 2.48. The smallest absolute Gasteiger partial charge is 0.331 e. The average Bonchev–Trinajstić information content (AvgIpc) is 2.79. The van der Waals surface area contributed by atoms with E-state index in [1.54, 1.807) is 30.3 Å². The number of methoxy groups -OCH3 is 1. The molecule has 1 unspecified atom stereocenters. The summed E-state index contributed by atoms with van der Waals surface area (Å²) in [4.78, 5) is 34.8. The Morgan fingerprint density at radius 2 is 2.05 bits per heavy atom. The summed E-state index contributed by atoms with van der Waals surface area (Å²) < 4.78 is 4.45. The maximum absolute atomic E-state index is 11.9. The Bertz CT molecular complexity index is 571. The van der Waals surface area contributed by atoms with Crippen molar-refractivity contribution in [3.8, 4) is 0 Å². The normalized spacial score (nSPS) is 19.6. The number of amides is 2. The highest BCUT2D eigenvalue weighted by atomic mass is 32.2. The molecule has 0 saturated carbocycles. The SMILES string of the molecule is COC(=O)/C=C1/SC(NC(=O)c2ccccc2)NC1=O. The summed E-state index contributed by atoms with van der Waals surface area (Å²) in [6.07, 6.45) is 1.09. The Hall–Kier alpha value is -2.28. The third-order valence-corrected chi connectivity index (χ3v) is 3.51. The molecule has 1 aromatic carbocycles. The van der Waals surface area contributed by atoms with Crippen LogP contribution in [-0.2, 0) is 14.3 Å². The van der Waals surface area contributed by atoms with Gasteiger partial charge in [0.1, 0.15) is 0 Å². The summed E-state index contributed by atoms with van der Waals surface area (Å²) in [6, 6.07) is 8.64. The van der Waals surface area contributed by atoms with Gasteiger partial charge in [-0.3, -0.25) is 9.59 Å². The minimum absolute atomic E-state index is 0.204. The highest BCUT2D eigenvalue weighted by molar-refractivity contribution is 8.05. The van der Waals surface area contributed by atoms with Crippen molar-refractivity contribution in [2.75, 3.05) is 7.11 Å². The number of nitrogens with one attached hydrogen (secondary N) is 2. The van der Waals surface area contributed by atoms with E-state index >= 15 is 0 Å². The van der Waals surface area contributed by atoms with Crippen molar-refractivity contribution in [3.63, 3.8) is 0 Å². The maximum Gasteiger partial charge on any atom is 0.331 e. The molecule has 1 fully saturated rings. The van der Waals surface area contributed by atoms with Crippen LogP contribution in [0.5, 0.6) is 0 Å². The van der Waals surface area contributed by atoms with Gasteiger partial charge in [0.05, 0.1) is 12.0 Å². The van der Waals surface area contributed by atoms with Crippen LogP contribution in [0.3, 0.4) is 0 Å². The molecule has 20 heavy (non-hydrogen) atoms. The van der Waals surface area contributed by atoms with Crippen molar-refractivity contribution in [3.05, 3.63) is 46.9 Å². The van der Waals surface area contributed by atoms with Crippen LogP contribution in [0.15, 0.2) is 41.3 Å². The molecule has 6 nitrogen and oxygen atoms in total. The average molecular weight is 292 g/mol. The van der Waals surface area contributed by atoms with Crippen LogP contribution in [-0.4, -0.2) is 30.4 Å². The quantitative estimate of drug-likeness (QED) is 0.630. The molecule has 104 valence electrons. The summed E-state index contributed by atoms with van der Waals surface area (Å²) in [7, 11) is 1.23. The number of hydrogen-bond donors (Lipinski definition) is 2. The first-order chi connectivity index (χ1) is 9.60. The zero-order chi connectivity index (χ0) is 14.5. The van der Waals surface area contributed by atoms with E-state index in [0.717, 1.165) is 17.8 Å². The van der Waals surface area contributed by atoms with Gasteiger partial charge in [-0.05, 0) is 12.1 Å². The molecular weight excluding hydrogens is 280 g/mol. The van der Waals surface area contributed by atoms with Gasteiger partial charge < -0.3 is 15.4 Å². The van der Waals surface area contributed by atoms with E-state index in [4.69, 9.17) is 0 Å². The summed E-state index contributed by atoms with van der Waals surface area (Å²) in [6.45, 7) is 0. The first kappa shape index (κ1) is 14.1. The van der Waals surface area contributed by atoms with Gasteiger partial charge in [0, 0.05) is 11.6 Å². The van der Waals surface area contributed by atoms with Crippen molar-refractivity contribution in [1.29, 1.82) is 0 Å². The molecule has 0 radical (unpaired) electrons. The number of ether oxygens (including phenoxy) is 1. The van der Waals surface area contributed by atoms with Crippen molar-refractivity contribution >= 4 is 29.5 Å². The molecule has 1 aliphatic heterocycles. The number of benzene rings is 1. The monoisotopic (exact) mass is 292 g/mol. The lowest BCUT2D eigenvalue weighted by Gasteiger charge is -2.10. The van der Waals surface area contributed by atoms with E-state index in [-0.39, 0.29) is 10.8 Å². The summed E-state index contributed by atoms with van der Waals surface area (Å²) in [5.74, 6) is -1.33. The highest BCUT2D eigenvalue weighted by Crippen LogP contribution is 2.25. The molecule has 1 aromatic rings. The van der Waals surface area contributed by atoms with Crippen molar-refractivity contribution in [1.82, 2.24) is 10.6 Å². The van der Waals surface area contributed by atoms with E-state index in [1.165, 1.54) is 7.11 Å². The molecule has 1 aliphatic rings. The van der Waals surface area contributed by atoms with Crippen LogP contribution < -0.4 is 10.6 Å². The molecule has 1 heterocycles. The minimum Gasteiger partial charge on any atom is -0.466 e. The lowest BCUT2D eigenvalue weighted by Crippen LogP contribution is -2.41. The third kappa shape index (κ3) is 3.39. The second-order valence-electron chi connectivity index (χ2n) is 3.84. The van der Waals surface area contributed by atoms with Crippen LogP contribution in [0.25, 0.3) is 0 Å². The number of esters is 1. The van der Waals surface area contributed by atoms with Crippen LogP contribution in [0.1, 0.15) is 10.4 Å². The predicted octanol–water partition coefficient (Wildman–Crippen LogP) is 0.620. The second-order valence-corrected chi connectivity index (χ2v) is 4.99. The first-order valence-electron chi connectivity index (χ1n) is 5.73. The van der Waals surface area contributed by atoms with Gasteiger partial charge in [-0.15, -0.1) is 0 Å². The lowest BCUT2D eigenvalue weighted by atomic mass is 10.2. The first-order valence-corrected chi connectivity index (χ1v) is 6.61. The molecule has 1 atom stereocenters. The molecule has 2 N–H and O–H groups in total. The predicted molar refractivity (Wildman–Crippen MR) is 73.5 cm³/mol. The van der Waals surface area contributed by atoms with Crippen LogP contribution >= 0.6 is 11.8 Å². The zero-order valence-electron chi connectivity index (χ0n) is 10.6. The Morgan fingerprint density at radius 1 is 1.35 bits per heavy atom. The van der Waals surface area contributed by atoms with Gasteiger partial charge in [0.2, 0.25) is 0 Å². The van der Waals surface area contributed by atoms with Crippen LogP contribution in [0, 0.1) is 0 Å². The van der Waals surface area contributed by atoms with E-state index in [9.17, 15) is 14.4 Å². The number of thioether (sulfide) groups is 1. The molecule has 0 spiro atoms. The molecule has 0 aromatic heterocycles. The number of carbonyl (C=O) groups excluding carboxylic acids is 3. The van der Waals surface area contributed by atoms with Crippen molar-refractivity contribution in [2.24, 2.45) is 0 Å².